The molecule has 0 fully saturated rings. The average molecular weight is 389 g/mol. The number of carbonyl (C=O) groups is 1. The highest BCUT2D eigenvalue weighted by Crippen LogP contribution is 2.25. The molecule has 0 unspecified atom stereocenters. The molecular weight excluding hydrogens is 375 g/mol. The van der Waals surface area contributed by atoms with Gasteiger partial charge in [0.1, 0.15) is 12.3 Å². The van der Waals surface area contributed by atoms with Gasteiger partial charge in [-0.15, -0.1) is 0 Å². The molecule has 7 heteroatoms. The number of benzene rings is 2. The summed E-state index contributed by atoms with van der Waals surface area (Å²) in [5, 5.41) is 3.38. The second-order valence-corrected chi connectivity index (χ2v) is 6.27. The number of rotatable bonds is 5. The molecule has 26 heavy (non-hydrogen) atoms. The number of hydrogen-bond acceptors (Lipinski definition) is 3. The minimum atomic E-state index is -0.499. The van der Waals surface area contributed by atoms with Crippen LogP contribution in [-0.2, 0) is 6.61 Å². The molecule has 0 saturated carbocycles. The number of hydrogen-bond donors (Lipinski definition) is 2. The van der Waals surface area contributed by atoms with Gasteiger partial charge in [-0.1, -0.05) is 53.5 Å². The summed E-state index contributed by atoms with van der Waals surface area (Å²) in [6.07, 6.45) is 1.36. The van der Waals surface area contributed by atoms with Gasteiger partial charge in [-0.2, -0.15) is 0 Å². The maximum atomic E-state index is 12.3. The SMILES string of the molecule is O=C(Nc1ccc(Cl)cc1Cl)c1cc(=O)c(OCc2ccccc2)c[nH]1. The van der Waals surface area contributed by atoms with Crippen LogP contribution in [0.25, 0.3) is 0 Å². The van der Waals surface area contributed by atoms with Crippen molar-refractivity contribution in [2.24, 2.45) is 0 Å². The van der Waals surface area contributed by atoms with E-state index in [0.717, 1.165) is 5.56 Å². The third-order valence-electron chi connectivity index (χ3n) is 3.54. The highest BCUT2D eigenvalue weighted by molar-refractivity contribution is 6.36. The van der Waals surface area contributed by atoms with E-state index in [1.165, 1.54) is 18.3 Å². The molecule has 1 amide bonds. The number of aromatic amines is 1. The van der Waals surface area contributed by atoms with E-state index in [-0.39, 0.29) is 18.1 Å². The molecule has 1 heterocycles. The van der Waals surface area contributed by atoms with E-state index in [0.29, 0.717) is 15.7 Å². The van der Waals surface area contributed by atoms with E-state index in [2.05, 4.69) is 10.3 Å². The van der Waals surface area contributed by atoms with Crippen LogP contribution in [-0.4, -0.2) is 10.9 Å². The Balaban J connectivity index is 1.70. The van der Waals surface area contributed by atoms with Crippen molar-refractivity contribution in [1.29, 1.82) is 0 Å². The Morgan fingerprint density at radius 2 is 1.85 bits per heavy atom. The molecule has 0 aliphatic carbocycles. The normalized spacial score (nSPS) is 10.4. The van der Waals surface area contributed by atoms with E-state index in [1.54, 1.807) is 12.1 Å². The molecule has 3 rings (SSSR count). The molecule has 0 bridgehead atoms. The highest BCUT2D eigenvalue weighted by Gasteiger charge is 2.12. The van der Waals surface area contributed by atoms with Gasteiger partial charge in [0.25, 0.3) is 5.91 Å². The molecule has 0 saturated heterocycles. The Kier molecular flexibility index (Phi) is 5.61. The van der Waals surface area contributed by atoms with Crippen LogP contribution in [0.1, 0.15) is 16.1 Å². The first kappa shape index (κ1) is 18.0. The Bertz CT molecular complexity index is 988. The van der Waals surface area contributed by atoms with E-state index >= 15 is 0 Å². The average Bonchev–Trinajstić information content (AvgIpc) is 2.63. The number of aromatic nitrogens is 1. The standard InChI is InChI=1S/C19H14Cl2N2O3/c20-13-6-7-15(14(21)8-13)23-19(25)16-9-17(24)18(10-22-16)26-11-12-4-2-1-3-5-12/h1-10H,11H2,(H,22,24)(H,23,25). The molecule has 5 nitrogen and oxygen atoms in total. The predicted molar refractivity (Wildman–Crippen MR) is 102 cm³/mol. The third kappa shape index (κ3) is 4.45. The third-order valence-corrected chi connectivity index (χ3v) is 4.09. The van der Waals surface area contributed by atoms with Crippen LogP contribution in [0.5, 0.6) is 5.75 Å². The summed E-state index contributed by atoms with van der Waals surface area (Å²) in [6, 6.07) is 15.3. The lowest BCUT2D eigenvalue weighted by molar-refractivity contribution is 0.102. The van der Waals surface area contributed by atoms with Gasteiger partial charge in [0.05, 0.1) is 10.7 Å². The van der Waals surface area contributed by atoms with Crippen molar-refractivity contribution < 1.29 is 9.53 Å². The molecule has 1 aromatic heterocycles. The van der Waals surface area contributed by atoms with E-state index < -0.39 is 11.3 Å². The molecule has 132 valence electrons. The summed E-state index contributed by atoms with van der Waals surface area (Å²) < 4.78 is 5.50. The lowest BCUT2D eigenvalue weighted by Crippen LogP contribution is -2.18. The predicted octanol–water partition coefficient (Wildman–Crippen LogP) is 4.51. The number of carbonyl (C=O) groups excluding carboxylic acids is 1. The van der Waals surface area contributed by atoms with Gasteiger partial charge < -0.3 is 15.0 Å². The Hall–Kier alpha value is -2.76. The lowest BCUT2D eigenvalue weighted by atomic mass is 10.2. The van der Waals surface area contributed by atoms with Crippen molar-refractivity contribution in [3.05, 3.63) is 92.3 Å². The zero-order chi connectivity index (χ0) is 18.5. The van der Waals surface area contributed by atoms with Gasteiger partial charge in [-0.25, -0.2) is 0 Å². The van der Waals surface area contributed by atoms with E-state index in [9.17, 15) is 9.59 Å². The Morgan fingerprint density at radius 3 is 2.54 bits per heavy atom. The molecule has 0 atom stereocenters. The van der Waals surface area contributed by atoms with Gasteiger partial charge in [-0.05, 0) is 23.8 Å². The minimum absolute atomic E-state index is 0.0908. The first-order chi connectivity index (χ1) is 12.5. The molecule has 0 radical (unpaired) electrons. The van der Waals surface area contributed by atoms with Gasteiger partial charge >= 0.3 is 0 Å². The fourth-order valence-electron chi connectivity index (χ4n) is 2.22. The van der Waals surface area contributed by atoms with Crippen molar-refractivity contribution in [3.63, 3.8) is 0 Å². The van der Waals surface area contributed by atoms with Crippen molar-refractivity contribution >= 4 is 34.8 Å². The van der Waals surface area contributed by atoms with Crippen LogP contribution in [0.2, 0.25) is 10.0 Å². The first-order valence-electron chi connectivity index (χ1n) is 7.69. The molecular formula is C19H14Cl2N2O3. The van der Waals surface area contributed by atoms with Crippen molar-refractivity contribution in [2.75, 3.05) is 5.32 Å². The van der Waals surface area contributed by atoms with Crippen LogP contribution in [0.15, 0.2) is 65.6 Å². The number of ether oxygens (including phenoxy) is 1. The second kappa shape index (κ2) is 8.08. The second-order valence-electron chi connectivity index (χ2n) is 5.43. The van der Waals surface area contributed by atoms with Gasteiger partial charge in [0, 0.05) is 17.3 Å². The zero-order valence-corrected chi connectivity index (χ0v) is 15.0. The zero-order valence-electron chi connectivity index (χ0n) is 13.5. The summed E-state index contributed by atoms with van der Waals surface area (Å²) in [4.78, 5) is 27.2. The van der Waals surface area contributed by atoms with Gasteiger partial charge in [0.15, 0.2) is 5.75 Å². The number of pyridine rings is 1. The topological polar surface area (TPSA) is 71.2 Å². The quantitative estimate of drug-likeness (QED) is 0.675. The number of amides is 1. The maximum Gasteiger partial charge on any atom is 0.272 e. The first-order valence-corrected chi connectivity index (χ1v) is 8.44. The summed E-state index contributed by atoms with van der Waals surface area (Å²) in [5.74, 6) is -0.365. The molecule has 0 aliphatic rings. The molecule has 2 aromatic carbocycles. The smallest absolute Gasteiger partial charge is 0.272 e. The lowest BCUT2D eigenvalue weighted by Gasteiger charge is -2.09. The molecule has 0 aliphatic heterocycles. The number of halogens is 2. The minimum Gasteiger partial charge on any atom is -0.483 e. The summed E-state index contributed by atoms with van der Waals surface area (Å²) >= 11 is 11.9. The Morgan fingerprint density at radius 1 is 1.08 bits per heavy atom. The monoisotopic (exact) mass is 388 g/mol. The van der Waals surface area contributed by atoms with Crippen LogP contribution in [0.3, 0.4) is 0 Å². The van der Waals surface area contributed by atoms with Gasteiger partial charge in [0.2, 0.25) is 5.43 Å². The summed E-state index contributed by atoms with van der Waals surface area (Å²) in [7, 11) is 0. The largest absolute Gasteiger partial charge is 0.483 e. The fraction of sp³-hybridized carbons (Fsp3) is 0.0526. The van der Waals surface area contributed by atoms with Crippen molar-refractivity contribution in [2.45, 2.75) is 6.61 Å². The summed E-state index contributed by atoms with van der Waals surface area (Å²) in [5.41, 5.74) is 1.03. The van der Waals surface area contributed by atoms with Crippen LogP contribution >= 0.6 is 23.2 Å². The van der Waals surface area contributed by atoms with Crippen molar-refractivity contribution in [3.8, 4) is 5.75 Å². The van der Waals surface area contributed by atoms with Gasteiger partial charge in [-0.3, -0.25) is 9.59 Å². The highest BCUT2D eigenvalue weighted by atomic mass is 35.5. The van der Waals surface area contributed by atoms with Crippen LogP contribution in [0.4, 0.5) is 5.69 Å². The molecule has 2 N–H and O–H groups in total. The number of H-pyrrole nitrogens is 1. The molecule has 3 aromatic rings. The van der Waals surface area contributed by atoms with Crippen LogP contribution in [0, 0.1) is 0 Å². The maximum absolute atomic E-state index is 12.3. The number of anilines is 1. The number of nitrogens with one attached hydrogen (secondary N) is 2. The van der Waals surface area contributed by atoms with E-state index in [4.69, 9.17) is 27.9 Å². The molecule has 0 spiro atoms. The fourth-order valence-corrected chi connectivity index (χ4v) is 2.67. The van der Waals surface area contributed by atoms with Crippen LogP contribution < -0.4 is 15.5 Å². The Labute approximate surface area is 159 Å². The summed E-state index contributed by atoms with van der Waals surface area (Å²) in [6.45, 7) is 0.260. The van der Waals surface area contributed by atoms with E-state index in [1.807, 2.05) is 30.3 Å². The van der Waals surface area contributed by atoms with Crippen molar-refractivity contribution in [1.82, 2.24) is 4.98 Å².